The zero-order valence-electron chi connectivity index (χ0n) is 13.7. The minimum atomic E-state index is -0.459. The second-order valence-electron chi connectivity index (χ2n) is 6.88. The third kappa shape index (κ3) is 4.99. The smallest absolute Gasteiger partial charge is 0.407 e. The molecule has 2 unspecified atom stereocenters. The summed E-state index contributed by atoms with van der Waals surface area (Å²) >= 11 is 3.53. The monoisotopic (exact) mass is 368 g/mol. The van der Waals surface area contributed by atoms with Gasteiger partial charge in [-0.15, -0.1) is 0 Å². The lowest BCUT2D eigenvalue weighted by Crippen LogP contribution is -2.45. The maximum Gasteiger partial charge on any atom is 0.407 e. The second-order valence-corrected chi connectivity index (χ2v) is 7.74. The Balaban J connectivity index is 1.96. The first kappa shape index (κ1) is 17.3. The number of halogens is 1. The van der Waals surface area contributed by atoms with E-state index in [0.29, 0.717) is 0 Å². The van der Waals surface area contributed by atoms with Gasteiger partial charge in [0.15, 0.2) is 0 Å². The van der Waals surface area contributed by atoms with E-state index in [1.165, 1.54) is 11.1 Å². The van der Waals surface area contributed by atoms with Crippen molar-refractivity contribution in [1.29, 1.82) is 0 Å². The lowest BCUT2D eigenvalue weighted by Gasteiger charge is -2.32. The first-order chi connectivity index (χ1) is 10.2. The highest BCUT2D eigenvalue weighted by atomic mass is 79.9. The Morgan fingerprint density at radius 1 is 1.41 bits per heavy atom. The number of amides is 1. The number of benzene rings is 1. The molecule has 1 heterocycles. The van der Waals surface area contributed by atoms with Crippen molar-refractivity contribution in [3.8, 4) is 0 Å². The Morgan fingerprint density at radius 3 is 2.77 bits per heavy atom. The van der Waals surface area contributed by atoms with E-state index in [9.17, 15) is 4.79 Å². The highest BCUT2D eigenvalue weighted by Crippen LogP contribution is 2.27. The third-order valence-corrected chi connectivity index (χ3v) is 4.60. The standard InChI is InChI=1S/C17H25BrN2O2/c1-11-9-12(5-6-14(11)18)15-10-13(7-8-19-15)20-16(21)22-17(2,3)4/h5-6,9,13,15,19H,7-8,10H2,1-4H3,(H,20,21). The van der Waals surface area contributed by atoms with Gasteiger partial charge in [0.1, 0.15) is 5.60 Å². The summed E-state index contributed by atoms with van der Waals surface area (Å²) in [7, 11) is 0. The highest BCUT2D eigenvalue weighted by molar-refractivity contribution is 9.10. The fourth-order valence-corrected chi connectivity index (χ4v) is 2.91. The Kier molecular flexibility index (Phi) is 5.50. The van der Waals surface area contributed by atoms with Crippen molar-refractivity contribution >= 4 is 22.0 Å². The first-order valence-corrected chi connectivity index (χ1v) is 8.53. The molecule has 1 aromatic carbocycles. The molecule has 4 nitrogen and oxygen atoms in total. The van der Waals surface area contributed by atoms with Crippen molar-refractivity contribution in [3.63, 3.8) is 0 Å². The molecule has 2 rings (SSSR count). The number of rotatable bonds is 2. The highest BCUT2D eigenvalue weighted by Gasteiger charge is 2.26. The fraction of sp³-hybridized carbons (Fsp3) is 0.588. The second kappa shape index (κ2) is 7.01. The number of aryl methyl sites for hydroxylation is 1. The summed E-state index contributed by atoms with van der Waals surface area (Å²) in [5, 5.41) is 6.52. The van der Waals surface area contributed by atoms with Gasteiger partial charge in [-0.1, -0.05) is 28.1 Å². The molecule has 1 aromatic rings. The first-order valence-electron chi connectivity index (χ1n) is 7.73. The minimum Gasteiger partial charge on any atom is -0.444 e. The summed E-state index contributed by atoms with van der Waals surface area (Å²) in [6.07, 6.45) is 1.47. The molecule has 1 saturated heterocycles. The number of hydrogen-bond donors (Lipinski definition) is 2. The van der Waals surface area contributed by atoms with Crippen molar-refractivity contribution in [3.05, 3.63) is 33.8 Å². The molecule has 5 heteroatoms. The number of nitrogens with one attached hydrogen (secondary N) is 2. The maximum absolute atomic E-state index is 11.9. The summed E-state index contributed by atoms with van der Waals surface area (Å²) in [6, 6.07) is 6.81. The van der Waals surface area contributed by atoms with Crippen LogP contribution in [-0.4, -0.2) is 24.3 Å². The average molecular weight is 369 g/mol. The van der Waals surface area contributed by atoms with Gasteiger partial charge >= 0.3 is 6.09 Å². The fourth-order valence-electron chi connectivity index (χ4n) is 2.66. The number of carbonyl (C=O) groups is 1. The number of piperidine rings is 1. The van der Waals surface area contributed by atoms with E-state index in [1.807, 2.05) is 20.8 Å². The van der Waals surface area contributed by atoms with Crippen molar-refractivity contribution in [2.75, 3.05) is 6.54 Å². The molecule has 22 heavy (non-hydrogen) atoms. The summed E-state index contributed by atoms with van der Waals surface area (Å²) in [4.78, 5) is 11.9. The lowest BCUT2D eigenvalue weighted by molar-refractivity contribution is 0.0490. The van der Waals surface area contributed by atoms with Crippen LogP contribution in [0.4, 0.5) is 4.79 Å². The largest absolute Gasteiger partial charge is 0.444 e. The average Bonchev–Trinajstić information content (AvgIpc) is 2.40. The van der Waals surface area contributed by atoms with Gasteiger partial charge in [-0.2, -0.15) is 0 Å². The van der Waals surface area contributed by atoms with Gasteiger partial charge in [-0.05, 0) is 64.3 Å². The molecular weight excluding hydrogens is 344 g/mol. The number of ether oxygens (including phenoxy) is 1. The summed E-state index contributed by atoms with van der Waals surface area (Å²) in [6.45, 7) is 8.61. The van der Waals surface area contributed by atoms with E-state index in [0.717, 1.165) is 23.9 Å². The molecule has 1 aliphatic heterocycles. The van der Waals surface area contributed by atoms with Crippen LogP contribution < -0.4 is 10.6 Å². The molecule has 1 aliphatic rings. The summed E-state index contributed by atoms with van der Waals surface area (Å²) < 4.78 is 6.46. The Bertz CT molecular complexity index is 540. The van der Waals surface area contributed by atoms with Crippen molar-refractivity contribution in [1.82, 2.24) is 10.6 Å². The zero-order chi connectivity index (χ0) is 16.3. The normalized spacial score (nSPS) is 22.2. The van der Waals surface area contributed by atoms with Crippen molar-refractivity contribution in [2.45, 2.75) is 58.2 Å². The molecule has 122 valence electrons. The minimum absolute atomic E-state index is 0.144. The van der Waals surface area contributed by atoms with Crippen LogP contribution in [0, 0.1) is 6.92 Å². The van der Waals surface area contributed by atoms with Crippen LogP contribution in [-0.2, 0) is 4.74 Å². The van der Waals surface area contributed by atoms with E-state index in [4.69, 9.17) is 4.74 Å². The molecular formula is C17H25BrN2O2. The van der Waals surface area contributed by atoms with Gasteiger partial charge < -0.3 is 15.4 Å². The lowest BCUT2D eigenvalue weighted by atomic mass is 9.93. The Labute approximate surface area is 141 Å². The summed E-state index contributed by atoms with van der Waals surface area (Å²) in [5.74, 6) is 0. The van der Waals surface area contributed by atoms with Crippen molar-refractivity contribution < 1.29 is 9.53 Å². The van der Waals surface area contributed by atoms with E-state index >= 15 is 0 Å². The third-order valence-electron chi connectivity index (χ3n) is 3.71. The number of hydrogen-bond acceptors (Lipinski definition) is 3. The molecule has 0 aromatic heterocycles. The van der Waals surface area contributed by atoms with Crippen LogP contribution in [0.5, 0.6) is 0 Å². The number of alkyl carbamates (subject to hydrolysis) is 1. The van der Waals surface area contributed by atoms with Gasteiger partial charge in [0.2, 0.25) is 0 Å². The molecule has 0 aliphatic carbocycles. The van der Waals surface area contributed by atoms with Crippen LogP contribution in [0.2, 0.25) is 0 Å². The quantitative estimate of drug-likeness (QED) is 0.826. The topological polar surface area (TPSA) is 50.4 Å². The van der Waals surface area contributed by atoms with Crippen LogP contribution in [0.3, 0.4) is 0 Å². The van der Waals surface area contributed by atoms with Crippen LogP contribution in [0.25, 0.3) is 0 Å². The van der Waals surface area contributed by atoms with Gasteiger partial charge in [0.25, 0.3) is 0 Å². The molecule has 0 radical (unpaired) electrons. The number of carbonyl (C=O) groups excluding carboxylic acids is 1. The predicted molar refractivity (Wildman–Crippen MR) is 92.0 cm³/mol. The molecule has 1 fully saturated rings. The van der Waals surface area contributed by atoms with Gasteiger partial charge in [0.05, 0.1) is 0 Å². The molecule has 2 atom stereocenters. The van der Waals surface area contributed by atoms with E-state index in [-0.39, 0.29) is 18.2 Å². The van der Waals surface area contributed by atoms with Crippen molar-refractivity contribution in [2.24, 2.45) is 0 Å². The Hall–Kier alpha value is -1.07. The molecule has 0 spiro atoms. The molecule has 0 saturated carbocycles. The van der Waals surface area contributed by atoms with Gasteiger partial charge in [0, 0.05) is 16.6 Å². The zero-order valence-corrected chi connectivity index (χ0v) is 15.3. The van der Waals surface area contributed by atoms with Gasteiger partial charge in [-0.3, -0.25) is 0 Å². The summed E-state index contributed by atoms with van der Waals surface area (Å²) in [5.41, 5.74) is 2.03. The van der Waals surface area contributed by atoms with E-state index in [1.54, 1.807) is 0 Å². The molecule has 1 amide bonds. The maximum atomic E-state index is 11.9. The van der Waals surface area contributed by atoms with Crippen LogP contribution in [0.15, 0.2) is 22.7 Å². The Morgan fingerprint density at radius 2 is 2.14 bits per heavy atom. The van der Waals surface area contributed by atoms with E-state index < -0.39 is 5.60 Å². The predicted octanol–water partition coefficient (Wildman–Crippen LogP) is 4.08. The van der Waals surface area contributed by atoms with E-state index in [2.05, 4.69) is 51.7 Å². The SMILES string of the molecule is Cc1cc(C2CC(NC(=O)OC(C)(C)C)CCN2)ccc1Br. The van der Waals surface area contributed by atoms with Gasteiger partial charge in [-0.25, -0.2) is 4.79 Å². The van der Waals surface area contributed by atoms with Crippen LogP contribution in [0.1, 0.15) is 50.8 Å². The molecule has 2 N–H and O–H groups in total. The van der Waals surface area contributed by atoms with Crippen LogP contribution >= 0.6 is 15.9 Å². The molecule has 0 bridgehead atoms.